The molecule has 0 bridgehead atoms. The highest BCUT2D eigenvalue weighted by atomic mass is 32.2. The molecule has 3 heteroatoms. The lowest BCUT2D eigenvalue weighted by Crippen LogP contribution is -2.42. The zero-order valence-corrected chi connectivity index (χ0v) is 10.4. The molecule has 0 amide bonds. The van der Waals surface area contributed by atoms with Crippen molar-refractivity contribution in [3.05, 3.63) is 29.8 Å². The number of aliphatic hydroxyl groups excluding tert-OH is 1. The highest BCUT2D eigenvalue weighted by Gasteiger charge is 2.23. The number of aliphatic hydroxyl groups is 1. The second-order valence-corrected chi connectivity index (χ2v) is 4.63. The SMILES string of the molecule is CCNC(C)(CO)c1ccc(SC)cc1. The van der Waals surface area contributed by atoms with E-state index in [2.05, 4.69) is 35.8 Å². The van der Waals surface area contributed by atoms with Gasteiger partial charge in [0.25, 0.3) is 0 Å². The third-order valence-electron chi connectivity index (χ3n) is 2.61. The van der Waals surface area contributed by atoms with E-state index in [1.165, 1.54) is 4.90 Å². The van der Waals surface area contributed by atoms with Crippen LogP contribution in [-0.2, 0) is 5.54 Å². The van der Waals surface area contributed by atoms with Crippen LogP contribution in [0.2, 0.25) is 0 Å². The van der Waals surface area contributed by atoms with Crippen LogP contribution in [0.3, 0.4) is 0 Å². The molecule has 1 aromatic carbocycles. The van der Waals surface area contributed by atoms with E-state index in [1.807, 2.05) is 13.8 Å². The fourth-order valence-electron chi connectivity index (χ4n) is 1.60. The van der Waals surface area contributed by atoms with Crippen LogP contribution in [0.15, 0.2) is 29.2 Å². The van der Waals surface area contributed by atoms with Gasteiger partial charge in [-0.2, -0.15) is 0 Å². The fourth-order valence-corrected chi connectivity index (χ4v) is 2.01. The van der Waals surface area contributed by atoms with Crippen LogP contribution in [0.4, 0.5) is 0 Å². The summed E-state index contributed by atoms with van der Waals surface area (Å²) < 4.78 is 0. The van der Waals surface area contributed by atoms with Crippen molar-refractivity contribution in [1.29, 1.82) is 0 Å². The molecule has 2 nitrogen and oxygen atoms in total. The molecule has 0 heterocycles. The summed E-state index contributed by atoms with van der Waals surface area (Å²) in [6.45, 7) is 5.02. The number of rotatable bonds is 5. The molecule has 1 unspecified atom stereocenters. The van der Waals surface area contributed by atoms with Crippen LogP contribution in [0, 0.1) is 0 Å². The Morgan fingerprint density at radius 1 is 1.33 bits per heavy atom. The Morgan fingerprint density at radius 2 is 1.93 bits per heavy atom. The molecule has 15 heavy (non-hydrogen) atoms. The van der Waals surface area contributed by atoms with Crippen molar-refractivity contribution >= 4 is 11.8 Å². The third-order valence-corrected chi connectivity index (χ3v) is 3.35. The van der Waals surface area contributed by atoms with Crippen LogP contribution in [0.5, 0.6) is 0 Å². The van der Waals surface area contributed by atoms with Gasteiger partial charge in [0.05, 0.1) is 12.1 Å². The largest absolute Gasteiger partial charge is 0.394 e. The molecule has 0 aliphatic rings. The first kappa shape index (κ1) is 12.6. The van der Waals surface area contributed by atoms with E-state index in [-0.39, 0.29) is 12.1 Å². The van der Waals surface area contributed by atoms with Crippen LogP contribution >= 0.6 is 11.8 Å². The van der Waals surface area contributed by atoms with Crippen LogP contribution < -0.4 is 5.32 Å². The molecule has 0 saturated heterocycles. The van der Waals surface area contributed by atoms with Crippen molar-refractivity contribution in [2.45, 2.75) is 24.3 Å². The van der Waals surface area contributed by atoms with Gasteiger partial charge in [0.1, 0.15) is 0 Å². The van der Waals surface area contributed by atoms with Gasteiger partial charge in [0, 0.05) is 4.90 Å². The van der Waals surface area contributed by atoms with E-state index >= 15 is 0 Å². The summed E-state index contributed by atoms with van der Waals surface area (Å²) in [6.07, 6.45) is 2.06. The Morgan fingerprint density at radius 3 is 2.33 bits per heavy atom. The normalized spacial score (nSPS) is 14.9. The Bertz CT molecular complexity index is 299. The average molecular weight is 225 g/mol. The van der Waals surface area contributed by atoms with Gasteiger partial charge < -0.3 is 10.4 Å². The zero-order valence-electron chi connectivity index (χ0n) is 9.58. The maximum absolute atomic E-state index is 9.43. The first-order chi connectivity index (χ1) is 7.16. The Kier molecular flexibility index (Phi) is 4.64. The molecule has 0 radical (unpaired) electrons. The minimum absolute atomic E-state index is 0.111. The summed E-state index contributed by atoms with van der Waals surface area (Å²) in [5, 5.41) is 12.7. The van der Waals surface area contributed by atoms with Gasteiger partial charge in [-0.15, -0.1) is 11.8 Å². The van der Waals surface area contributed by atoms with Crippen LogP contribution in [0.25, 0.3) is 0 Å². The highest BCUT2D eigenvalue weighted by Crippen LogP contribution is 2.23. The monoisotopic (exact) mass is 225 g/mol. The number of likely N-dealkylation sites (N-methyl/N-ethyl adjacent to an activating group) is 1. The summed E-state index contributed by atoms with van der Waals surface area (Å²) >= 11 is 1.73. The summed E-state index contributed by atoms with van der Waals surface area (Å²) in [7, 11) is 0. The number of benzene rings is 1. The van der Waals surface area contributed by atoms with E-state index in [9.17, 15) is 5.11 Å². The molecule has 1 atom stereocenters. The second-order valence-electron chi connectivity index (χ2n) is 3.75. The first-order valence-electron chi connectivity index (χ1n) is 5.16. The van der Waals surface area contributed by atoms with Gasteiger partial charge >= 0.3 is 0 Å². The lowest BCUT2D eigenvalue weighted by molar-refractivity contribution is 0.177. The molecule has 0 spiro atoms. The second kappa shape index (κ2) is 5.54. The Hall–Kier alpha value is -0.510. The van der Waals surface area contributed by atoms with Crippen LogP contribution in [0.1, 0.15) is 19.4 Å². The molecular weight excluding hydrogens is 206 g/mol. The van der Waals surface area contributed by atoms with Crippen molar-refractivity contribution in [3.63, 3.8) is 0 Å². The lowest BCUT2D eigenvalue weighted by atomic mass is 9.93. The summed E-state index contributed by atoms with van der Waals surface area (Å²) in [5.41, 5.74) is 0.802. The predicted octanol–water partition coefficient (Wildman–Crippen LogP) is 2.23. The minimum Gasteiger partial charge on any atom is -0.394 e. The summed E-state index contributed by atoms with van der Waals surface area (Å²) in [4.78, 5) is 1.25. The fraction of sp³-hybridized carbons (Fsp3) is 0.500. The lowest BCUT2D eigenvalue weighted by Gasteiger charge is -2.29. The highest BCUT2D eigenvalue weighted by molar-refractivity contribution is 7.98. The molecule has 84 valence electrons. The summed E-state index contributed by atoms with van der Waals surface area (Å²) in [5.74, 6) is 0. The first-order valence-corrected chi connectivity index (χ1v) is 6.39. The van der Waals surface area contributed by atoms with Crippen molar-refractivity contribution in [3.8, 4) is 0 Å². The van der Waals surface area contributed by atoms with Gasteiger partial charge in [-0.1, -0.05) is 19.1 Å². The molecule has 1 rings (SSSR count). The molecule has 0 aliphatic carbocycles. The van der Waals surface area contributed by atoms with Gasteiger partial charge in [0.2, 0.25) is 0 Å². The standard InChI is InChI=1S/C12H19NOS/c1-4-13-12(2,9-14)10-5-7-11(15-3)8-6-10/h5-8,13-14H,4,9H2,1-3H3. The molecular formula is C12H19NOS. The molecule has 1 aromatic rings. The average Bonchev–Trinajstić information content (AvgIpc) is 2.29. The van der Waals surface area contributed by atoms with Crippen molar-refractivity contribution in [2.24, 2.45) is 0 Å². The van der Waals surface area contributed by atoms with E-state index in [0.717, 1.165) is 12.1 Å². The topological polar surface area (TPSA) is 32.3 Å². The van der Waals surface area contributed by atoms with Crippen molar-refractivity contribution in [1.82, 2.24) is 5.32 Å². The van der Waals surface area contributed by atoms with E-state index in [1.54, 1.807) is 11.8 Å². The van der Waals surface area contributed by atoms with Gasteiger partial charge in [-0.25, -0.2) is 0 Å². The Labute approximate surface area is 96.1 Å². The summed E-state index contributed by atoms with van der Waals surface area (Å²) in [6, 6.07) is 8.33. The van der Waals surface area contributed by atoms with E-state index < -0.39 is 0 Å². The van der Waals surface area contributed by atoms with Gasteiger partial charge in [0.15, 0.2) is 0 Å². The number of thioether (sulfide) groups is 1. The smallest absolute Gasteiger partial charge is 0.0652 e. The van der Waals surface area contributed by atoms with Crippen molar-refractivity contribution in [2.75, 3.05) is 19.4 Å². The maximum Gasteiger partial charge on any atom is 0.0652 e. The molecule has 0 fully saturated rings. The number of nitrogens with one attached hydrogen (secondary N) is 1. The number of hydrogen-bond donors (Lipinski definition) is 2. The zero-order chi connectivity index (χ0) is 11.3. The third kappa shape index (κ3) is 2.97. The van der Waals surface area contributed by atoms with Crippen LogP contribution in [-0.4, -0.2) is 24.5 Å². The number of hydrogen-bond acceptors (Lipinski definition) is 3. The predicted molar refractivity (Wildman–Crippen MR) is 66.3 cm³/mol. The minimum atomic E-state index is -0.328. The van der Waals surface area contributed by atoms with E-state index in [4.69, 9.17) is 0 Å². The quantitative estimate of drug-likeness (QED) is 0.754. The maximum atomic E-state index is 9.43. The molecule has 0 aliphatic heterocycles. The van der Waals surface area contributed by atoms with E-state index in [0.29, 0.717) is 0 Å². The van der Waals surface area contributed by atoms with Gasteiger partial charge in [-0.05, 0) is 37.4 Å². The molecule has 0 aromatic heterocycles. The molecule has 0 saturated carbocycles. The Balaban J connectivity index is 2.92. The van der Waals surface area contributed by atoms with Gasteiger partial charge in [-0.3, -0.25) is 0 Å². The van der Waals surface area contributed by atoms with Crippen molar-refractivity contribution < 1.29 is 5.11 Å². The molecule has 2 N–H and O–H groups in total.